The molecule has 0 spiro atoms. The lowest BCUT2D eigenvalue weighted by molar-refractivity contribution is -0.111. The van der Waals surface area contributed by atoms with Crippen LogP contribution in [0.15, 0.2) is 23.8 Å². The summed E-state index contributed by atoms with van der Waals surface area (Å²) in [7, 11) is 0. The molecule has 104 valence electrons. The number of aldehydes is 1. The monoisotopic (exact) mass is 287 g/mol. The lowest BCUT2D eigenvalue weighted by atomic mass is 9.97. The molecule has 0 amide bonds. The standard InChI is InChI=1S/C15H17N3OS/c1-11-17-14(10-20-11)13-2-5-16-8-15(13)18-6-3-12(9-19)4-7-18/h2,5,8-10,12H,3-4,6-7H2,1H3. The van der Waals surface area contributed by atoms with E-state index in [4.69, 9.17) is 0 Å². The third kappa shape index (κ3) is 2.58. The Morgan fingerprint density at radius 2 is 2.20 bits per heavy atom. The predicted molar refractivity (Wildman–Crippen MR) is 81.1 cm³/mol. The van der Waals surface area contributed by atoms with E-state index in [1.54, 1.807) is 11.3 Å². The van der Waals surface area contributed by atoms with E-state index in [1.165, 1.54) is 0 Å². The summed E-state index contributed by atoms with van der Waals surface area (Å²) in [4.78, 5) is 22.0. The number of nitrogens with zero attached hydrogens (tertiary/aromatic N) is 3. The maximum atomic E-state index is 10.9. The van der Waals surface area contributed by atoms with Crippen LogP contribution in [0.5, 0.6) is 0 Å². The number of carbonyl (C=O) groups excluding carboxylic acids is 1. The van der Waals surface area contributed by atoms with Crippen molar-refractivity contribution in [2.75, 3.05) is 18.0 Å². The van der Waals surface area contributed by atoms with Crippen molar-refractivity contribution >= 4 is 23.3 Å². The van der Waals surface area contributed by atoms with E-state index in [0.29, 0.717) is 0 Å². The molecule has 3 rings (SSSR count). The molecule has 3 heterocycles. The van der Waals surface area contributed by atoms with Gasteiger partial charge in [-0.05, 0) is 25.8 Å². The smallest absolute Gasteiger partial charge is 0.123 e. The molecule has 5 heteroatoms. The minimum atomic E-state index is 0.216. The molecule has 20 heavy (non-hydrogen) atoms. The summed E-state index contributed by atoms with van der Waals surface area (Å²) < 4.78 is 0. The highest BCUT2D eigenvalue weighted by Crippen LogP contribution is 2.32. The van der Waals surface area contributed by atoms with Crippen LogP contribution in [0.2, 0.25) is 0 Å². The average molecular weight is 287 g/mol. The highest BCUT2D eigenvalue weighted by molar-refractivity contribution is 7.09. The van der Waals surface area contributed by atoms with Crippen LogP contribution in [0, 0.1) is 12.8 Å². The fourth-order valence-corrected chi connectivity index (χ4v) is 3.23. The van der Waals surface area contributed by atoms with Crippen molar-refractivity contribution in [1.82, 2.24) is 9.97 Å². The second-order valence-electron chi connectivity index (χ2n) is 5.11. The summed E-state index contributed by atoms with van der Waals surface area (Å²) in [6, 6.07) is 2.02. The summed E-state index contributed by atoms with van der Waals surface area (Å²) >= 11 is 1.66. The number of thiazole rings is 1. The van der Waals surface area contributed by atoms with E-state index in [-0.39, 0.29) is 5.92 Å². The van der Waals surface area contributed by atoms with Gasteiger partial charge in [0.05, 0.1) is 22.6 Å². The van der Waals surface area contributed by atoms with E-state index in [0.717, 1.165) is 54.2 Å². The number of aromatic nitrogens is 2. The fraction of sp³-hybridized carbons (Fsp3) is 0.400. The van der Waals surface area contributed by atoms with Gasteiger partial charge < -0.3 is 9.69 Å². The van der Waals surface area contributed by atoms with Gasteiger partial charge >= 0.3 is 0 Å². The number of anilines is 1. The number of piperidine rings is 1. The zero-order valence-corrected chi connectivity index (χ0v) is 12.3. The Kier molecular flexibility index (Phi) is 3.78. The van der Waals surface area contributed by atoms with Crippen LogP contribution < -0.4 is 4.90 Å². The van der Waals surface area contributed by atoms with E-state index in [9.17, 15) is 4.79 Å². The number of carbonyl (C=O) groups is 1. The summed E-state index contributed by atoms with van der Waals surface area (Å²) in [5, 5.41) is 3.16. The minimum absolute atomic E-state index is 0.216. The molecule has 2 aromatic rings. The lowest BCUT2D eigenvalue weighted by Gasteiger charge is -2.32. The van der Waals surface area contributed by atoms with Crippen LogP contribution in [0.25, 0.3) is 11.3 Å². The van der Waals surface area contributed by atoms with Crippen LogP contribution in [0.4, 0.5) is 5.69 Å². The van der Waals surface area contributed by atoms with Gasteiger partial charge in [0.25, 0.3) is 0 Å². The Bertz CT molecular complexity index is 603. The molecule has 0 aromatic carbocycles. The van der Waals surface area contributed by atoms with Gasteiger partial charge in [0.1, 0.15) is 6.29 Å². The van der Waals surface area contributed by atoms with E-state index >= 15 is 0 Å². The zero-order chi connectivity index (χ0) is 13.9. The second-order valence-corrected chi connectivity index (χ2v) is 6.17. The zero-order valence-electron chi connectivity index (χ0n) is 11.5. The highest BCUT2D eigenvalue weighted by atomic mass is 32.1. The molecule has 0 bridgehead atoms. The molecule has 4 nitrogen and oxygen atoms in total. The van der Waals surface area contributed by atoms with Crippen molar-refractivity contribution in [2.45, 2.75) is 19.8 Å². The Labute approximate surface area is 122 Å². The number of rotatable bonds is 3. The first-order valence-corrected chi connectivity index (χ1v) is 7.72. The molecule has 0 saturated carbocycles. The summed E-state index contributed by atoms with van der Waals surface area (Å²) in [6.07, 6.45) is 6.66. The van der Waals surface area contributed by atoms with Gasteiger partial charge in [-0.1, -0.05) is 0 Å². The van der Waals surface area contributed by atoms with Crippen molar-refractivity contribution in [1.29, 1.82) is 0 Å². The lowest BCUT2D eigenvalue weighted by Crippen LogP contribution is -2.34. The normalized spacial score (nSPS) is 16.4. The number of hydrogen-bond acceptors (Lipinski definition) is 5. The Hall–Kier alpha value is -1.75. The minimum Gasteiger partial charge on any atom is -0.370 e. The molecule has 0 N–H and O–H groups in total. The van der Waals surface area contributed by atoms with Crippen molar-refractivity contribution in [2.24, 2.45) is 5.92 Å². The molecule has 1 aliphatic heterocycles. The first-order chi connectivity index (χ1) is 9.78. The largest absolute Gasteiger partial charge is 0.370 e. The van der Waals surface area contributed by atoms with Gasteiger partial charge in [-0.15, -0.1) is 11.3 Å². The van der Waals surface area contributed by atoms with E-state index in [1.807, 2.05) is 25.4 Å². The van der Waals surface area contributed by atoms with Crippen molar-refractivity contribution in [3.05, 3.63) is 28.8 Å². The molecule has 1 saturated heterocycles. The summed E-state index contributed by atoms with van der Waals surface area (Å²) in [5.74, 6) is 0.216. The van der Waals surface area contributed by atoms with Gasteiger partial charge in [-0.2, -0.15) is 0 Å². The summed E-state index contributed by atoms with van der Waals surface area (Å²) in [6.45, 7) is 3.83. The van der Waals surface area contributed by atoms with Gasteiger partial charge in [0.2, 0.25) is 0 Å². The molecule has 0 atom stereocenters. The predicted octanol–water partition coefficient (Wildman–Crippen LogP) is 2.93. The van der Waals surface area contributed by atoms with Gasteiger partial charge in [-0.25, -0.2) is 4.98 Å². The van der Waals surface area contributed by atoms with E-state index < -0.39 is 0 Å². The average Bonchev–Trinajstić information content (AvgIpc) is 2.94. The molecule has 1 aliphatic rings. The third-order valence-corrected chi connectivity index (χ3v) is 4.54. The maximum absolute atomic E-state index is 10.9. The van der Waals surface area contributed by atoms with Gasteiger partial charge in [-0.3, -0.25) is 4.98 Å². The Balaban J connectivity index is 1.89. The van der Waals surface area contributed by atoms with Crippen molar-refractivity contribution in [3.8, 4) is 11.3 Å². The van der Waals surface area contributed by atoms with Crippen LogP contribution in [-0.4, -0.2) is 29.3 Å². The van der Waals surface area contributed by atoms with Crippen molar-refractivity contribution in [3.63, 3.8) is 0 Å². The number of aryl methyl sites for hydroxylation is 1. The number of hydrogen-bond donors (Lipinski definition) is 0. The highest BCUT2D eigenvalue weighted by Gasteiger charge is 2.21. The molecular weight excluding hydrogens is 270 g/mol. The third-order valence-electron chi connectivity index (χ3n) is 3.77. The Morgan fingerprint density at radius 3 is 2.85 bits per heavy atom. The van der Waals surface area contributed by atoms with E-state index in [2.05, 4.69) is 20.2 Å². The molecular formula is C15H17N3OS. The fourth-order valence-electron chi connectivity index (χ4n) is 2.62. The van der Waals surface area contributed by atoms with Crippen LogP contribution in [0.1, 0.15) is 17.8 Å². The van der Waals surface area contributed by atoms with Crippen LogP contribution >= 0.6 is 11.3 Å². The van der Waals surface area contributed by atoms with Crippen molar-refractivity contribution < 1.29 is 4.79 Å². The maximum Gasteiger partial charge on any atom is 0.123 e. The number of pyridine rings is 1. The van der Waals surface area contributed by atoms with Gasteiger partial charge in [0.15, 0.2) is 0 Å². The molecule has 0 aliphatic carbocycles. The first kappa shape index (κ1) is 13.2. The Morgan fingerprint density at radius 1 is 1.40 bits per heavy atom. The topological polar surface area (TPSA) is 46.1 Å². The van der Waals surface area contributed by atoms with Gasteiger partial charge in [0, 0.05) is 36.1 Å². The molecule has 2 aromatic heterocycles. The van der Waals surface area contributed by atoms with Crippen LogP contribution in [0.3, 0.4) is 0 Å². The summed E-state index contributed by atoms with van der Waals surface area (Å²) in [5.41, 5.74) is 3.28. The van der Waals surface area contributed by atoms with Crippen LogP contribution in [-0.2, 0) is 4.79 Å². The first-order valence-electron chi connectivity index (χ1n) is 6.84. The molecule has 1 fully saturated rings. The molecule has 0 unspecified atom stereocenters. The quantitative estimate of drug-likeness (QED) is 0.814. The second kappa shape index (κ2) is 5.71. The SMILES string of the molecule is Cc1nc(-c2ccncc2N2CCC(C=O)CC2)cs1. The molecule has 0 radical (unpaired) electrons.